The van der Waals surface area contributed by atoms with Crippen molar-refractivity contribution < 1.29 is 0 Å². The van der Waals surface area contributed by atoms with Crippen molar-refractivity contribution in [3.05, 3.63) is 46.4 Å². The number of rotatable bonds is 2. The Labute approximate surface area is 97.6 Å². The van der Waals surface area contributed by atoms with E-state index in [-0.39, 0.29) is 6.04 Å². The molecule has 0 bridgehead atoms. The molecule has 3 heteroatoms. The molecule has 0 saturated carbocycles. The van der Waals surface area contributed by atoms with Crippen molar-refractivity contribution in [3.63, 3.8) is 0 Å². The van der Waals surface area contributed by atoms with Crippen molar-refractivity contribution in [1.29, 1.82) is 0 Å². The van der Waals surface area contributed by atoms with E-state index in [1.165, 1.54) is 16.3 Å². The molecule has 0 fully saturated rings. The minimum Gasteiger partial charge on any atom is -0.271 e. The molecule has 0 aliphatic carbocycles. The first-order valence-electron chi connectivity index (χ1n) is 4.86. The average Bonchev–Trinajstić information content (AvgIpc) is 2.27. The Balaban J connectivity index is 2.52. The van der Waals surface area contributed by atoms with Crippen LogP contribution in [0.3, 0.4) is 0 Å². The normalized spacial score (nSPS) is 13.0. The molecule has 0 spiro atoms. The highest BCUT2D eigenvalue weighted by Gasteiger charge is 2.03. The molecule has 2 aromatic carbocycles. The van der Waals surface area contributed by atoms with E-state index in [1.54, 1.807) is 0 Å². The lowest BCUT2D eigenvalue weighted by molar-refractivity contribution is 0.603. The third-order valence-corrected chi connectivity index (χ3v) is 3.07. The van der Waals surface area contributed by atoms with Gasteiger partial charge < -0.3 is 0 Å². The van der Waals surface area contributed by atoms with Crippen molar-refractivity contribution in [3.8, 4) is 0 Å². The lowest BCUT2D eigenvalue weighted by Gasteiger charge is -2.11. The van der Waals surface area contributed by atoms with Crippen LogP contribution in [0.25, 0.3) is 10.8 Å². The number of hydrogen-bond donors (Lipinski definition) is 2. The van der Waals surface area contributed by atoms with E-state index in [4.69, 9.17) is 5.84 Å². The standard InChI is InChI=1S/C12H13BrN2/c1-8(15-14)9-2-3-11-7-12(13)5-4-10(11)6-9/h2-8,15H,14H2,1H3. The molecule has 2 nitrogen and oxygen atoms in total. The minimum atomic E-state index is 0.179. The van der Waals surface area contributed by atoms with E-state index < -0.39 is 0 Å². The van der Waals surface area contributed by atoms with Crippen molar-refractivity contribution in [2.75, 3.05) is 0 Å². The van der Waals surface area contributed by atoms with Gasteiger partial charge in [-0.25, -0.2) is 0 Å². The zero-order valence-corrected chi connectivity index (χ0v) is 10.1. The van der Waals surface area contributed by atoms with Crippen molar-refractivity contribution in [2.24, 2.45) is 5.84 Å². The van der Waals surface area contributed by atoms with Gasteiger partial charge in [-0.1, -0.05) is 34.1 Å². The molecule has 2 rings (SSSR count). The van der Waals surface area contributed by atoms with Crippen molar-refractivity contribution in [1.82, 2.24) is 5.43 Å². The summed E-state index contributed by atoms with van der Waals surface area (Å²) in [5.74, 6) is 5.41. The van der Waals surface area contributed by atoms with Gasteiger partial charge in [0.15, 0.2) is 0 Å². The number of nitrogens with one attached hydrogen (secondary N) is 1. The molecule has 0 saturated heterocycles. The van der Waals surface area contributed by atoms with E-state index in [2.05, 4.69) is 51.7 Å². The first-order valence-corrected chi connectivity index (χ1v) is 5.65. The minimum absolute atomic E-state index is 0.179. The Kier molecular flexibility index (Phi) is 3.05. The van der Waals surface area contributed by atoms with E-state index in [0.717, 1.165) is 4.47 Å². The van der Waals surface area contributed by atoms with Crippen LogP contribution >= 0.6 is 15.9 Å². The van der Waals surface area contributed by atoms with Crippen LogP contribution in [0, 0.1) is 0 Å². The van der Waals surface area contributed by atoms with Gasteiger partial charge in [0.2, 0.25) is 0 Å². The Hall–Kier alpha value is -0.900. The molecular weight excluding hydrogens is 252 g/mol. The van der Waals surface area contributed by atoms with Gasteiger partial charge in [0, 0.05) is 10.5 Å². The van der Waals surface area contributed by atoms with Crippen LogP contribution in [0.5, 0.6) is 0 Å². The molecule has 15 heavy (non-hydrogen) atoms. The number of benzene rings is 2. The van der Waals surface area contributed by atoms with Gasteiger partial charge in [-0.15, -0.1) is 0 Å². The highest BCUT2D eigenvalue weighted by molar-refractivity contribution is 9.10. The summed E-state index contributed by atoms with van der Waals surface area (Å²) in [6, 6.07) is 12.8. The second-order valence-electron chi connectivity index (χ2n) is 3.64. The van der Waals surface area contributed by atoms with E-state index in [9.17, 15) is 0 Å². The van der Waals surface area contributed by atoms with Gasteiger partial charge in [-0.2, -0.15) is 0 Å². The Morgan fingerprint density at radius 1 is 1.13 bits per heavy atom. The highest BCUT2D eigenvalue weighted by atomic mass is 79.9. The number of hydrogen-bond acceptors (Lipinski definition) is 2. The smallest absolute Gasteiger partial charge is 0.0432 e. The van der Waals surface area contributed by atoms with E-state index >= 15 is 0 Å². The quantitative estimate of drug-likeness (QED) is 0.646. The summed E-state index contributed by atoms with van der Waals surface area (Å²) < 4.78 is 1.10. The molecule has 0 aliphatic rings. The van der Waals surface area contributed by atoms with Gasteiger partial charge >= 0.3 is 0 Å². The number of nitrogens with two attached hydrogens (primary N) is 1. The molecular formula is C12H13BrN2. The lowest BCUT2D eigenvalue weighted by atomic mass is 10.0. The molecule has 2 aromatic rings. The fraction of sp³-hybridized carbons (Fsp3) is 0.167. The third-order valence-electron chi connectivity index (χ3n) is 2.58. The summed E-state index contributed by atoms with van der Waals surface area (Å²) in [5, 5.41) is 2.47. The molecule has 0 aliphatic heterocycles. The highest BCUT2D eigenvalue weighted by Crippen LogP contribution is 2.23. The zero-order valence-electron chi connectivity index (χ0n) is 8.50. The maximum absolute atomic E-state index is 5.41. The first-order chi connectivity index (χ1) is 7.20. The van der Waals surface area contributed by atoms with Crippen LogP contribution in [0.15, 0.2) is 40.9 Å². The average molecular weight is 265 g/mol. The van der Waals surface area contributed by atoms with Crippen LogP contribution in [0.2, 0.25) is 0 Å². The molecule has 0 heterocycles. The van der Waals surface area contributed by atoms with E-state index in [0.29, 0.717) is 0 Å². The monoisotopic (exact) mass is 264 g/mol. The maximum atomic E-state index is 5.41. The van der Waals surface area contributed by atoms with Gasteiger partial charge in [-0.05, 0) is 41.5 Å². The Morgan fingerprint density at radius 2 is 1.80 bits per heavy atom. The predicted molar refractivity (Wildman–Crippen MR) is 67.4 cm³/mol. The van der Waals surface area contributed by atoms with Gasteiger partial charge in [0.05, 0.1) is 0 Å². The number of hydrazine groups is 1. The fourth-order valence-electron chi connectivity index (χ4n) is 1.60. The first kappa shape index (κ1) is 10.6. The van der Waals surface area contributed by atoms with Gasteiger partial charge in [-0.3, -0.25) is 11.3 Å². The fourth-order valence-corrected chi connectivity index (χ4v) is 1.98. The predicted octanol–water partition coefficient (Wildman–Crippen LogP) is 3.13. The molecule has 3 N–H and O–H groups in total. The summed E-state index contributed by atoms with van der Waals surface area (Å²) in [4.78, 5) is 0. The molecule has 0 aromatic heterocycles. The van der Waals surface area contributed by atoms with Crippen LogP contribution in [0.4, 0.5) is 0 Å². The zero-order chi connectivity index (χ0) is 10.8. The molecule has 1 atom stereocenters. The second kappa shape index (κ2) is 4.31. The largest absolute Gasteiger partial charge is 0.271 e. The summed E-state index contributed by atoms with van der Waals surface area (Å²) >= 11 is 3.46. The molecule has 1 unspecified atom stereocenters. The van der Waals surface area contributed by atoms with Crippen LogP contribution in [-0.4, -0.2) is 0 Å². The lowest BCUT2D eigenvalue weighted by Crippen LogP contribution is -2.25. The SMILES string of the molecule is CC(NN)c1ccc2cc(Br)ccc2c1. The molecule has 0 amide bonds. The summed E-state index contributed by atoms with van der Waals surface area (Å²) in [7, 11) is 0. The third kappa shape index (κ3) is 2.20. The number of fused-ring (bicyclic) bond motifs is 1. The Morgan fingerprint density at radius 3 is 2.53 bits per heavy atom. The number of halogens is 1. The van der Waals surface area contributed by atoms with Crippen LogP contribution in [-0.2, 0) is 0 Å². The van der Waals surface area contributed by atoms with Crippen LogP contribution in [0.1, 0.15) is 18.5 Å². The van der Waals surface area contributed by atoms with E-state index in [1.807, 2.05) is 13.0 Å². The van der Waals surface area contributed by atoms with Gasteiger partial charge in [0.25, 0.3) is 0 Å². The van der Waals surface area contributed by atoms with Gasteiger partial charge in [0.1, 0.15) is 0 Å². The van der Waals surface area contributed by atoms with Crippen molar-refractivity contribution >= 4 is 26.7 Å². The Bertz CT molecular complexity index is 482. The maximum Gasteiger partial charge on any atom is 0.0432 e. The molecule has 78 valence electrons. The summed E-state index contributed by atoms with van der Waals surface area (Å²) in [5.41, 5.74) is 3.95. The summed E-state index contributed by atoms with van der Waals surface area (Å²) in [6.07, 6.45) is 0. The van der Waals surface area contributed by atoms with Crippen LogP contribution < -0.4 is 11.3 Å². The topological polar surface area (TPSA) is 38.0 Å². The second-order valence-corrected chi connectivity index (χ2v) is 4.55. The molecule has 0 radical (unpaired) electrons. The van der Waals surface area contributed by atoms with Crippen molar-refractivity contribution in [2.45, 2.75) is 13.0 Å². The summed E-state index contributed by atoms with van der Waals surface area (Å²) in [6.45, 7) is 2.04.